The van der Waals surface area contributed by atoms with Gasteiger partial charge in [-0.1, -0.05) is 30.3 Å². The van der Waals surface area contributed by atoms with Gasteiger partial charge in [0.1, 0.15) is 0 Å². The summed E-state index contributed by atoms with van der Waals surface area (Å²) in [7, 11) is -3.87. The highest BCUT2D eigenvalue weighted by atomic mass is 32.2. The summed E-state index contributed by atoms with van der Waals surface area (Å²) in [4.78, 5) is 14.4. The minimum Gasteiger partial charge on any atom is -0.476 e. The zero-order valence-electron chi connectivity index (χ0n) is 9.61. The Kier molecular flexibility index (Phi) is 3.93. The smallest absolute Gasteiger partial charge is 0.356 e. The summed E-state index contributed by atoms with van der Waals surface area (Å²) in [6.45, 7) is 0.0974. The molecule has 0 fully saturated rings. The molecule has 1 heterocycles. The maximum Gasteiger partial charge on any atom is 0.356 e. The van der Waals surface area contributed by atoms with Crippen molar-refractivity contribution in [2.75, 3.05) is 0 Å². The number of carbonyl (C=O) groups is 1. The van der Waals surface area contributed by atoms with Crippen LogP contribution in [0.3, 0.4) is 0 Å². The van der Waals surface area contributed by atoms with Gasteiger partial charge in [0.2, 0.25) is 0 Å². The van der Waals surface area contributed by atoms with Gasteiger partial charge in [0.15, 0.2) is 9.90 Å². The molecule has 0 unspecified atom stereocenters. The number of nitrogens with one attached hydrogen (secondary N) is 1. The Bertz CT molecular complexity index is 680. The van der Waals surface area contributed by atoms with E-state index < -0.39 is 21.7 Å². The van der Waals surface area contributed by atoms with Crippen molar-refractivity contribution in [3.8, 4) is 0 Å². The number of rotatable bonds is 5. The Morgan fingerprint density at radius 2 is 2.00 bits per heavy atom. The molecule has 0 aliphatic carbocycles. The minimum atomic E-state index is -3.87. The van der Waals surface area contributed by atoms with E-state index in [1.165, 1.54) is 5.51 Å². The molecular weight excluding hydrogens is 288 g/mol. The molecule has 1 aromatic heterocycles. The molecule has 1 aromatic carbocycles. The zero-order valence-corrected chi connectivity index (χ0v) is 11.2. The monoisotopic (exact) mass is 298 g/mol. The van der Waals surface area contributed by atoms with Gasteiger partial charge in [-0.25, -0.2) is 22.9 Å². The molecule has 2 N–H and O–H groups in total. The number of carboxylic acid groups (broad SMARTS) is 1. The Morgan fingerprint density at radius 1 is 1.32 bits per heavy atom. The van der Waals surface area contributed by atoms with Gasteiger partial charge in [0.25, 0.3) is 10.0 Å². The highest BCUT2D eigenvalue weighted by molar-refractivity contribution is 7.91. The van der Waals surface area contributed by atoms with Crippen molar-refractivity contribution in [3.05, 3.63) is 47.1 Å². The minimum absolute atomic E-state index is 0.0974. The Morgan fingerprint density at radius 3 is 2.63 bits per heavy atom. The van der Waals surface area contributed by atoms with Crippen molar-refractivity contribution in [1.29, 1.82) is 0 Å². The second kappa shape index (κ2) is 5.47. The summed E-state index contributed by atoms with van der Waals surface area (Å²) < 4.78 is 26.0. The first kappa shape index (κ1) is 13.7. The summed E-state index contributed by atoms with van der Waals surface area (Å²) in [6.07, 6.45) is 0. The summed E-state index contributed by atoms with van der Waals surface area (Å²) in [5.41, 5.74) is 1.53. The van der Waals surface area contributed by atoms with E-state index in [-0.39, 0.29) is 10.8 Å². The summed E-state index contributed by atoms with van der Waals surface area (Å²) in [6, 6.07) is 8.95. The Hall–Kier alpha value is -1.77. The molecule has 2 rings (SSSR count). The van der Waals surface area contributed by atoms with Crippen molar-refractivity contribution < 1.29 is 18.3 Å². The third kappa shape index (κ3) is 3.16. The van der Waals surface area contributed by atoms with E-state index in [2.05, 4.69) is 9.71 Å². The fraction of sp³-hybridized carbons (Fsp3) is 0.0909. The summed E-state index contributed by atoms with van der Waals surface area (Å²) in [5, 5.41) is 8.86. The second-order valence-electron chi connectivity index (χ2n) is 3.60. The lowest BCUT2D eigenvalue weighted by molar-refractivity contribution is 0.0687. The van der Waals surface area contributed by atoms with Gasteiger partial charge in [0, 0.05) is 6.54 Å². The summed E-state index contributed by atoms with van der Waals surface area (Å²) >= 11 is 0.778. The van der Waals surface area contributed by atoms with Crippen LogP contribution in [-0.2, 0) is 16.6 Å². The average molecular weight is 298 g/mol. The molecule has 0 aliphatic heterocycles. The van der Waals surface area contributed by atoms with Gasteiger partial charge < -0.3 is 5.11 Å². The molecule has 8 heteroatoms. The quantitative estimate of drug-likeness (QED) is 0.867. The lowest BCUT2D eigenvalue weighted by Crippen LogP contribution is -2.24. The lowest BCUT2D eigenvalue weighted by Gasteiger charge is -2.05. The predicted octanol–water partition coefficient (Wildman–Crippen LogP) is 1.32. The van der Waals surface area contributed by atoms with Gasteiger partial charge in [-0.05, 0) is 5.56 Å². The Balaban J connectivity index is 2.19. The van der Waals surface area contributed by atoms with Gasteiger partial charge in [-0.15, -0.1) is 11.3 Å². The van der Waals surface area contributed by atoms with Gasteiger partial charge in [-0.2, -0.15) is 0 Å². The number of carboxylic acids is 1. The third-order valence-corrected chi connectivity index (χ3v) is 5.06. The normalized spacial score (nSPS) is 11.4. The van der Waals surface area contributed by atoms with E-state index in [4.69, 9.17) is 5.11 Å². The van der Waals surface area contributed by atoms with Crippen LogP contribution in [0.15, 0.2) is 40.1 Å². The molecule has 0 atom stereocenters. The maximum atomic E-state index is 12.0. The number of aromatic nitrogens is 1. The third-order valence-electron chi connectivity index (χ3n) is 2.29. The van der Waals surface area contributed by atoms with Crippen LogP contribution >= 0.6 is 11.3 Å². The van der Waals surface area contributed by atoms with Crippen LogP contribution in [0.5, 0.6) is 0 Å². The van der Waals surface area contributed by atoms with Crippen LogP contribution in [0.1, 0.15) is 16.1 Å². The van der Waals surface area contributed by atoms with E-state index in [0.717, 1.165) is 16.9 Å². The van der Waals surface area contributed by atoms with E-state index in [1.807, 2.05) is 6.07 Å². The predicted molar refractivity (Wildman–Crippen MR) is 69.5 cm³/mol. The van der Waals surface area contributed by atoms with Crippen LogP contribution in [0.4, 0.5) is 0 Å². The van der Waals surface area contributed by atoms with Gasteiger partial charge in [0.05, 0.1) is 5.51 Å². The molecule has 0 bridgehead atoms. The van der Waals surface area contributed by atoms with E-state index in [0.29, 0.717) is 0 Å². The molecule has 100 valence electrons. The van der Waals surface area contributed by atoms with Crippen LogP contribution in [0, 0.1) is 0 Å². The topological polar surface area (TPSA) is 96.4 Å². The van der Waals surface area contributed by atoms with Crippen LogP contribution in [0.25, 0.3) is 0 Å². The maximum absolute atomic E-state index is 12.0. The van der Waals surface area contributed by atoms with E-state index in [9.17, 15) is 13.2 Å². The first-order chi connectivity index (χ1) is 9.00. The number of benzene rings is 1. The molecule has 6 nitrogen and oxygen atoms in total. The van der Waals surface area contributed by atoms with Crippen LogP contribution < -0.4 is 4.72 Å². The standard InChI is InChI=1S/C11H10N2O4S2/c14-10(15)9-11(18-7-12-9)19(16,17)13-6-8-4-2-1-3-5-8/h1-5,7,13H,6H2,(H,14,15). The number of thiazole rings is 1. The first-order valence-electron chi connectivity index (χ1n) is 5.21. The van der Waals surface area contributed by atoms with Crippen LogP contribution in [-0.4, -0.2) is 24.5 Å². The van der Waals surface area contributed by atoms with Gasteiger partial charge in [-0.3, -0.25) is 0 Å². The van der Waals surface area contributed by atoms with Gasteiger partial charge >= 0.3 is 5.97 Å². The van der Waals surface area contributed by atoms with Crippen LogP contribution in [0.2, 0.25) is 0 Å². The fourth-order valence-electron chi connectivity index (χ4n) is 1.41. The molecule has 0 amide bonds. The van der Waals surface area contributed by atoms with Crippen molar-refractivity contribution in [2.24, 2.45) is 0 Å². The number of aromatic carboxylic acids is 1. The SMILES string of the molecule is O=C(O)c1ncsc1S(=O)(=O)NCc1ccccc1. The molecular formula is C11H10N2O4S2. The first-order valence-corrected chi connectivity index (χ1v) is 7.57. The van der Waals surface area contributed by atoms with Crippen molar-refractivity contribution >= 4 is 27.3 Å². The average Bonchev–Trinajstić information content (AvgIpc) is 2.88. The molecule has 0 saturated carbocycles. The molecule has 0 saturated heterocycles. The van der Waals surface area contributed by atoms with E-state index in [1.54, 1.807) is 24.3 Å². The highest BCUT2D eigenvalue weighted by Gasteiger charge is 2.25. The molecule has 0 spiro atoms. The summed E-state index contributed by atoms with van der Waals surface area (Å²) in [5.74, 6) is -1.36. The largest absolute Gasteiger partial charge is 0.476 e. The van der Waals surface area contributed by atoms with Crippen molar-refractivity contribution in [2.45, 2.75) is 10.8 Å². The molecule has 2 aromatic rings. The zero-order chi connectivity index (χ0) is 13.9. The molecule has 0 radical (unpaired) electrons. The van der Waals surface area contributed by atoms with E-state index >= 15 is 0 Å². The fourth-order valence-corrected chi connectivity index (χ4v) is 3.61. The second-order valence-corrected chi connectivity index (χ2v) is 6.42. The number of hydrogen-bond acceptors (Lipinski definition) is 5. The Labute approximate surface area is 113 Å². The molecule has 0 aliphatic rings. The lowest BCUT2D eigenvalue weighted by atomic mass is 10.2. The highest BCUT2D eigenvalue weighted by Crippen LogP contribution is 2.20. The number of sulfonamides is 1. The van der Waals surface area contributed by atoms with Crippen molar-refractivity contribution in [3.63, 3.8) is 0 Å². The number of hydrogen-bond donors (Lipinski definition) is 2. The molecule has 19 heavy (non-hydrogen) atoms. The van der Waals surface area contributed by atoms with Crippen molar-refractivity contribution in [1.82, 2.24) is 9.71 Å². The number of nitrogens with zero attached hydrogens (tertiary/aromatic N) is 1.